The number of rotatable bonds is 10. The van der Waals surface area contributed by atoms with E-state index in [0.29, 0.717) is 18.5 Å². The molecule has 0 bridgehead atoms. The lowest BCUT2D eigenvalue weighted by molar-refractivity contribution is -0.137. The Balaban J connectivity index is 2.52. The van der Waals surface area contributed by atoms with Gasteiger partial charge in [-0.25, -0.2) is 4.39 Å². The van der Waals surface area contributed by atoms with E-state index in [1.807, 2.05) is 52.8 Å². The molecular weight excluding hydrogens is 407 g/mol. The number of amides is 1. The molecule has 0 heterocycles. The molecule has 0 aliphatic rings. The monoisotopic (exact) mass is 442 g/mol. The third-order valence-electron chi connectivity index (χ3n) is 5.60. The van der Waals surface area contributed by atoms with E-state index < -0.39 is 30.3 Å². The fourth-order valence-corrected chi connectivity index (χ4v) is 4.15. The maximum atomic E-state index is 15.2. The second-order valence-electron chi connectivity index (χ2n) is 8.86. The number of halogens is 1. The van der Waals surface area contributed by atoms with Crippen molar-refractivity contribution in [2.75, 3.05) is 6.54 Å². The standard InChI is InChI=1S/C26H35FN2O3/c1-7-28-22(11-15(2)3)26(32)29-21(14-23(30)31)20-13-19(12-18(6)25(20)27)24-16(4)9-8-10-17(24)5/h8-10,12-13,15,21-22,28H,7,11,14H2,1-6H3,(H,29,32)(H,30,31)/t21-,22?/m0/s1. The highest BCUT2D eigenvalue weighted by Crippen LogP contribution is 2.33. The van der Waals surface area contributed by atoms with Crippen LogP contribution in [0, 0.1) is 32.5 Å². The van der Waals surface area contributed by atoms with E-state index in [0.717, 1.165) is 22.3 Å². The van der Waals surface area contributed by atoms with Crippen LogP contribution in [-0.4, -0.2) is 29.6 Å². The summed E-state index contributed by atoms with van der Waals surface area (Å²) in [5, 5.41) is 15.4. The molecule has 2 aromatic carbocycles. The van der Waals surface area contributed by atoms with Gasteiger partial charge in [0.05, 0.1) is 18.5 Å². The zero-order valence-electron chi connectivity index (χ0n) is 19.9. The van der Waals surface area contributed by atoms with Crippen LogP contribution in [0.5, 0.6) is 0 Å². The zero-order chi connectivity index (χ0) is 24.0. The van der Waals surface area contributed by atoms with E-state index >= 15 is 4.39 Å². The Bertz CT molecular complexity index is 952. The summed E-state index contributed by atoms with van der Waals surface area (Å²) >= 11 is 0. The molecule has 2 aromatic rings. The fourth-order valence-electron chi connectivity index (χ4n) is 4.15. The first-order valence-corrected chi connectivity index (χ1v) is 11.2. The lowest BCUT2D eigenvalue weighted by Gasteiger charge is -2.25. The van der Waals surface area contributed by atoms with Gasteiger partial charge in [0.1, 0.15) is 5.82 Å². The van der Waals surface area contributed by atoms with Gasteiger partial charge in [-0.3, -0.25) is 9.59 Å². The number of nitrogens with one attached hydrogen (secondary N) is 2. The van der Waals surface area contributed by atoms with Crippen LogP contribution < -0.4 is 10.6 Å². The zero-order valence-corrected chi connectivity index (χ0v) is 19.9. The first-order chi connectivity index (χ1) is 15.0. The highest BCUT2D eigenvalue weighted by Gasteiger charge is 2.27. The second kappa shape index (κ2) is 11.2. The molecule has 2 rings (SSSR count). The molecule has 0 spiro atoms. The van der Waals surface area contributed by atoms with Crippen molar-refractivity contribution in [2.45, 2.75) is 66.5 Å². The summed E-state index contributed by atoms with van der Waals surface area (Å²) < 4.78 is 15.2. The van der Waals surface area contributed by atoms with Gasteiger partial charge in [0.15, 0.2) is 0 Å². The SMILES string of the molecule is CCNC(CC(C)C)C(=O)N[C@@H](CC(=O)O)c1cc(-c2c(C)cccc2C)cc(C)c1F. The van der Waals surface area contributed by atoms with Gasteiger partial charge in [0, 0.05) is 5.56 Å². The molecule has 0 radical (unpaired) electrons. The summed E-state index contributed by atoms with van der Waals surface area (Å²) in [6.45, 7) is 12.2. The number of carboxylic acids is 1. The number of hydrogen-bond acceptors (Lipinski definition) is 3. The van der Waals surface area contributed by atoms with E-state index in [1.165, 1.54) is 0 Å². The summed E-state index contributed by atoms with van der Waals surface area (Å²) in [5.74, 6) is -1.64. The average molecular weight is 443 g/mol. The van der Waals surface area contributed by atoms with Crippen LogP contribution >= 0.6 is 0 Å². The quantitative estimate of drug-likeness (QED) is 0.480. The van der Waals surface area contributed by atoms with Gasteiger partial charge in [0.25, 0.3) is 0 Å². The second-order valence-corrected chi connectivity index (χ2v) is 8.86. The largest absolute Gasteiger partial charge is 0.481 e. The fraction of sp³-hybridized carbons (Fsp3) is 0.462. The van der Waals surface area contributed by atoms with E-state index in [4.69, 9.17) is 0 Å². The van der Waals surface area contributed by atoms with E-state index in [1.54, 1.807) is 19.1 Å². The van der Waals surface area contributed by atoms with Crippen molar-refractivity contribution in [3.8, 4) is 11.1 Å². The molecule has 1 unspecified atom stereocenters. The van der Waals surface area contributed by atoms with Crippen LogP contribution in [0.15, 0.2) is 30.3 Å². The molecule has 174 valence electrons. The predicted octanol–water partition coefficient (Wildman–Crippen LogP) is 5.07. The molecular formula is C26H35FN2O3. The highest BCUT2D eigenvalue weighted by atomic mass is 19.1. The number of aryl methyl sites for hydroxylation is 3. The van der Waals surface area contributed by atoms with Crippen molar-refractivity contribution in [3.05, 3.63) is 58.4 Å². The first kappa shape index (κ1) is 25.5. The number of carbonyl (C=O) groups is 2. The van der Waals surface area contributed by atoms with Crippen molar-refractivity contribution in [2.24, 2.45) is 5.92 Å². The summed E-state index contributed by atoms with van der Waals surface area (Å²) in [5.41, 5.74) is 4.50. The van der Waals surface area contributed by atoms with Gasteiger partial charge in [-0.2, -0.15) is 0 Å². The van der Waals surface area contributed by atoms with Gasteiger partial charge in [-0.15, -0.1) is 0 Å². The minimum Gasteiger partial charge on any atom is -0.481 e. The summed E-state index contributed by atoms with van der Waals surface area (Å²) in [4.78, 5) is 24.6. The van der Waals surface area contributed by atoms with Crippen molar-refractivity contribution < 1.29 is 19.1 Å². The summed E-state index contributed by atoms with van der Waals surface area (Å²) in [6.07, 6.45) is 0.197. The number of carbonyl (C=O) groups excluding carboxylic acids is 1. The molecule has 2 atom stereocenters. The van der Waals surface area contributed by atoms with Crippen molar-refractivity contribution in [1.29, 1.82) is 0 Å². The molecule has 0 aromatic heterocycles. The minimum atomic E-state index is -1.10. The molecule has 6 heteroatoms. The number of likely N-dealkylation sites (N-methyl/N-ethyl adjacent to an activating group) is 1. The number of carboxylic acid groups (broad SMARTS) is 1. The maximum absolute atomic E-state index is 15.2. The number of aliphatic carboxylic acids is 1. The van der Waals surface area contributed by atoms with Crippen LogP contribution in [0.2, 0.25) is 0 Å². The third kappa shape index (κ3) is 6.39. The molecule has 0 fully saturated rings. The topological polar surface area (TPSA) is 78.4 Å². The Morgan fingerprint density at radius 3 is 2.22 bits per heavy atom. The maximum Gasteiger partial charge on any atom is 0.305 e. The number of benzene rings is 2. The first-order valence-electron chi connectivity index (χ1n) is 11.2. The van der Waals surface area contributed by atoms with Crippen LogP contribution in [0.25, 0.3) is 11.1 Å². The molecule has 0 saturated heterocycles. The molecule has 0 saturated carbocycles. The molecule has 0 aliphatic heterocycles. The third-order valence-corrected chi connectivity index (χ3v) is 5.60. The van der Waals surface area contributed by atoms with Gasteiger partial charge < -0.3 is 15.7 Å². The normalized spacial score (nSPS) is 13.1. The Kier molecular flexibility index (Phi) is 8.96. The molecule has 0 aliphatic carbocycles. The summed E-state index contributed by atoms with van der Waals surface area (Å²) in [6, 6.07) is 7.95. The lowest BCUT2D eigenvalue weighted by atomic mass is 9.90. The van der Waals surface area contributed by atoms with Crippen LogP contribution in [0.3, 0.4) is 0 Å². The van der Waals surface area contributed by atoms with Crippen LogP contribution in [0.4, 0.5) is 4.39 Å². The molecule has 1 amide bonds. The van der Waals surface area contributed by atoms with E-state index in [-0.39, 0.29) is 17.4 Å². The highest BCUT2D eigenvalue weighted by molar-refractivity contribution is 5.83. The van der Waals surface area contributed by atoms with Crippen LogP contribution in [0.1, 0.15) is 61.9 Å². The molecule has 32 heavy (non-hydrogen) atoms. The van der Waals surface area contributed by atoms with Crippen molar-refractivity contribution in [1.82, 2.24) is 10.6 Å². The van der Waals surface area contributed by atoms with Crippen molar-refractivity contribution in [3.63, 3.8) is 0 Å². The average Bonchev–Trinajstić information content (AvgIpc) is 2.68. The summed E-state index contributed by atoms with van der Waals surface area (Å²) in [7, 11) is 0. The Labute approximate surface area is 190 Å². The van der Waals surface area contributed by atoms with Crippen molar-refractivity contribution >= 4 is 11.9 Å². The van der Waals surface area contributed by atoms with E-state index in [2.05, 4.69) is 10.6 Å². The van der Waals surface area contributed by atoms with Crippen LogP contribution in [-0.2, 0) is 9.59 Å². The molecule has 3 N–H and O–H groups in total. The Hall–Kier alpha value is -2.73. The number of hydrogen-bond donors (Lipinski definition) is 3. The van der Waals surface area contributed by atoms with E-state index in [9.17, 15) is 14.7 Å². The predicted molar refractivity (Wildman–Crippen MR) is 126 cm³/mol. The van der Waals surface area contributed by atoms with Gasteiger partial charge in [-0.1, -0.05) is 39.0 Å². The smallest absolute Gasteiger partial charge is 0.305 e. The van der Waals surface area contributed by atoms with Gasteiger partial charge in [-0.05, 0) is 79.6 Å². The Morgan fingerprint density at radius 2 is 1.69 bits per heavy atom. The molecule has 5 nitrogen and oxygen atoms in total. The van der Waals surface area contributed by atoms with Gasteiger partial charge >= 0.3 is 5.97 Å². The minimum absolute atomic E-state index is 0.193. The lowest BCUT2D eigenvalue weighted by Crippen LogP contribution is -2.46. The Morgan fingerprint density at radius 1 is 1.06 bits per heavy atom. The van der Waals surface area contributed by atoms with Gasteiger partial charge in [0.2, 0.25) is 5.91 Å².